The van der Waals surface area contributed by atoms with Gasteiger partial charge < -0.3 is 15.2 Å². The lowest BCUT2D eigenvalue weighted by atomic mass is 9.82. The first-order chi connectivity index (χ1) is 8.54. The summed E-state index contributed by atoms with van der Waals surface area (Å²) >= 11 is 6.15. The van der Waals surface area contributed by atoms with E-state index in [9.17, 15) is 0 Å². The van der Waals surface area contributed by atoms with Crippen molar-refractivity contribution in [1.82, 2.24) is 0 Å². The van der Waals surface area contributed by atoms with Gasteiger partial charge in [-0.05, 0) is 50.5 Å². The van der Waals surface area contributed by atoms with Crippen LogP contribution in [0.3, 0.4) is 0 Å². The monoisotopic (exact) mass is 273 g/mol. The van der Waals surface area contributed by atoms with Crippen molar-refractivity contribution in [3.8, 4) is 0 Å². The maximum absolute atomic E-state index is 6.15. The molecule has 0 spiro atoms. The van der Waals surface area contributed by atoms with Crippen LogP contribution >= 0.6 is 11.6 Å². The minimum Gasteiger partial charge on any atom is -0.477 e. The molecule has 3 nitrogen and oxygen atoms in total. The minimum absolute atomic E-state index is 0.257. The van der Waals surface area contributed by atoms with E-state index in [0.29, 0.717) is 29.2 Å². The van der Waals surface area contributed by atoms with Gasteiger partial charge in [0.15, 0.2) is 5.88 Å². The Morgan fingerprint density at radius 1 is 1.33 bits per heavy atom. The van der Waals surface area contributed by atoms with Gasteiger partial charge in [-0.25, -0.2) is 0 Å². The molecule has 4 heteroatoms. The molecule has 2 saturated carbocycles. The van der Waals surface area contributed by atoms with E-state index < -0.39 is 0 Å². The predicted octanol–water partition coefficient (Wildman–Crippen LogP) is 3.02. The van der Waals surface area contributed by atoms with E-state index >= 15 is 0 Å². The number of hydrogen-bond acceptors (Lipinski definition) is 3. The lowest BCUT2D eigenvalue weighted by Crippen LogP contribution is -2.37. The van der Waals surface area contributed by atoms with Crippen LogP contribution < -0.4 is 5.73 Å². The molecule has 0 heterocycles. The van der Waals surface area contributed by atoms with Crippen molar-refractivity contribution in [2.75, 3.05) is 6.61 Å². The molecule has 0 saturated heterocycles. The second kappa shape index (κ2) is 6.16. The van der Waals surface area contributed by atoms with Crippen molar-refractivity contribution in [2.45, 2.75) is 56.6 Å². The van der Waals surface area contributed by atoms with Crippen LogP contribution in [0.1, 0.15) is 39.0 Å². The number of alkyl halides is 1. The zero-order valence-electron chi connectivity index (χ0n) is 11.1. The van der Waals surface area contributed by atoms with Crippen LogP contribution in [0.15, 0.2) is 12.5 Å². The Balaban J connectivity index is 1.60. The van der Waals surface area contributed by atoms with Crippen molar-refractivity contribution >= 4 is 11.6 Å². The van der Waals surface area contributed by atoms with Crippen LogP contribution in [0, 0.1) is 11.8 Å². The van der Waals surface area contributed by atoms with Crippen molar-refractivity contribution in [3.05, 3.63) is 12.5 Å². The minimum atomic E-state index is 0.257. The average Bonchev–Trinajstić information content (AvgIpc) is 2.23. The molecule has 2 rings (SSSR count). The molecular weight excluding hydrogens is 250 g/mol. The SMILES string of the molecule is C=C(N)OC1CC(COC2CCC(Cl)CC2C)C1. The Bertz CT molecular complexity index is 292. The molecular formula is C14H24ClNO2. The molecule has 0 aromatic rings. The molecule has 3 unspecified atom stereocenters. The van der Waals surface area contributed by atoms with Gasteiger partial charge in [0.1, 0.15) is 6.10 Å². The summed E-state index contributed by atoms with van der Waals surface area (Å²) in [6, 6.07) is 0. The maximum Gasteiger partial charge on any atom is 0.176 e. The summed E-state index contributed by atoms with van der Waals surface area (Å²) < 4.78 is 11.4. The van der Waals surface area contributed by atoms with Gasteiger partial charge in [-0.1, -0.05) is 6.92 Å². The first-order valence-electron chi connectivity index (χ1n) is 6.91. The van der Waals surface area contributed by atoms with E-state index in [-0.39, 0.29) is 6.10 Å². The third-order valence-corrected chi connectivity index (χ3v) is 4.48. The fraction of sp³-hybridized carbons (Fsp3) is 0.857. The normalized spacial score (nSPS) is 40.0. The van der Waals surface area contributed by atoms with Crippen molar-refractivity contribution in [3.63, 3.8) is 0 Å². The molecule has 0 aromatic heterocycles. The lowest BCUT2D eigenvalue weighted by Gasteiger charge is -2.37. The van der Waals surface area contributed by atoms with Gasteiger partial charge in [0, 0.05) is 5.38 Å². The van der Waals surface area contributed by atoms with Crippen molar-refractivity contribution < 1.29 is 9.47 Å². The molecule has 0 amide bonds. The fourth-order valence-electron chi connectivity index (χ4n) is 2.93. The molecule has 0 aliphatic heterocycles. The molecule has 104 valence electrons. The van der Waals surface area contributed by atoms with Crippen molar-refractivity contribution in [2.24, 2.45) is 17.6 Å². The highest BCUT2D eigenvalue weighted by Gasteiger charge is 2.33. The Kier molecular flexibility index (Phi) is 4.79. The molecule has 18 heavy (non-hydrogen) atoms. The highest BCUT2D eigenvalue weighted by atomic mass is 35.5. The van der Waals surface area contributed by atoms with Gasteiger partial charge in [0.05, 0.1) is 12.7 Å². The summed E-state index contributed by atoms with van der Waals surface area (Å²) in [5.41, 5.74) is 5.41. The summed E-state index contributed by atoms with van der Waals surface area (Å²) in [5.74, 6) is 1.53. The quantitative estimate of drug-likeness (QED) is 0.619. The Morgan fingerprint density at radius 3 is 2.67 bits per heavy atom. The Morgan fingerprint density at radius 2 is 2.06 bits per heavy atom. The number of hydrogen-bond donors (Lipinski definition) is 1. The van der Waals surface area contributed by atoms with Crippen molar-refractivity contribution in [1.29, 1.82) is 0 Å². The number of halogens is 1. The van der Waals surface area contributed by atoms with Gasteiger partial charge in [0.25, 0.3) is 0 Å². The third kappa shape index (κ3) is 3.79. The summed E-state index contributed by atoms with van der Waals surface area (Å²) in [4.78, 5) is 0. The fourth-order valence-corrected chi connectivity index (χ4v) is 3.34. The third-order valence-electron chi connectivity index (χ3n) is 4.08. The standard InChI is InChI=1S/C14H24ClNO2/c1-9-5-12(15)3-4-14(9)17-8-11-6-13(7-11)18-10(2)16/h9,11-14H,2-8,16H2,1H3. The summed E-state index contributed by atoms with van der Waals surface area (Å²) in [5, 5.41) is 0.344. The van der Waals surface area contributed by atoms with Crippen LogP contribution in [0.5, 0.6) is 0 Å². The van der Waals surface area contributed by atoms with E-state index in [2.05, 4.69) is 13.5 Å². The molecule has 2 aliphatic carbocycles. The Labute approximate surface area is 115 Å². The second-order valence-corrected chi connectivity index (χ2v) is 6.42. The summed E-state index contributed by atoms with van der Waals surface area (Å²) in [6.07, 6.45) is 5.98. The van der Waals surface area contributed by atoms with Crippen LogP contribution in [0.2, 0.25) is 0 Å². The molecule has 3 atom stereocenters. The summed E-state index contributed by atoms with van der Waals surface area (Å²) in [6.45, 7) is 6.64. The van der Waals surface area contributed by atoms with Gasteiger partial charge in [-0.2, -0.15) is 0 Å². The molecule has 2 N–H and O–H groups in total. The van der Waals surface area contributed by atoms with Crippen LogP contribution in [-0.4, -0.2) is 24.2 Å². The van der Waals surface area contributed by atoms with Gasteiger partial charge in [0.2, 0.25) is 0 Å². The largest absolute Gasteiger partial charge is 0.477 e. The highest BCUT2D eigenvalue weighted by Crippen LogP contribution is 2.34. The van der Waals surface area contributed by atoms with Crippen LogP contribution in [-0.2, 0) is 9.47 Å². The first-order valence-corrected chi connectivity index (χ1v) is 7.35. The van der Waals surface area contributed by atoms with E-state index in [1.54, 1.807) is 0 Å². The topological polar surface area (TPSA) is 44.5 Å². The zero-order valence-corrected chi connectivity index (χ0v) is 11.9. The average molecular weight is 274 g/mol. The zero-order chi connectivity index (χ0) is 13.1. The van der Waals surface area contributed by atoms with Crippen LogP contribution in [0.4, 0.5) is 0 Å². The maximum atomic E-state index is 6.15. The molecule has 0 bridgehead atoms. The summed E-state index contributed by atoms with van der Waals surface area (Å²) in [7, 11) is 0. The smallest absolute Gasteiger partial charge is 0.176 e. The van der Waals surface area contributed by atoms with Gasteiger partial charge in [-0.15, -0.1) is 11.6 Å². The molecule has 0 aromatic carbocycles. The second-order valence-electron chi connectivity index (χ2n) is 5.80. The van der Waals surface area contributed by atoms with Gasteiger partial charge >= 0.3 is 0 Å². The lowest BCUT2D eigenvalue weighted by molar-refractivity contribution is -0.0688. The highest BCUT2D eigenvalue weighted by molar-refractivity contribution is 6.20. The number of ether oxygens (including phenoxy) is 2. The number of nitrogens with two attached hydrogens (primary N) is 1. The van der Waals surface area contributed by atoms with Gasteiger partial charge in [-0.3, -0.25) is 0 Å². The van der Waals surface area contributed by atoms with Crippen LogP contribution in [0.25, 0.3) is 0 Å². The number of rotatable bonds is 5. The predicted molar refractivity (Wildman–Crippen MR) is 73.3 cm³/mol. The Hall–Kier alpha value is -0.410. The molecule has 0 radical (unpaired) electrons. The first kappa shape index (κ1) is 14.0. The molecule has 2 fully saturated rings. The van der Waals surface area contributed by atoms with E-state index in [1.807, 2.05) is 0 Å². The van der Waals surface area contributed by atoms with E-state index in [4.69, 9.17) is 26.8 Å². The van der Waals surface area contributed by atoms with E-state index in [1.165, 1.54) is 0 Å². The van der Waals surface area contributed by atoms with E-state index in [0.717, 1.165) is 38.7 Å². The molecule has 2 aliphatic rings.